The number of hydrogen-bond donors (Lipinski definition) is 2. The van der Waals surface area contributed by atoms with Gasteiger partial charge in [-0.15, -0.1) is 0 Å². The summed E-state index contributed by atoms with van der Waals surface area (Å²) in [6.45, 7) is 11.8. The molecule has 3 N–H and O–H groups in total. The summed E-state index contributed by atoms with van der Waals surface area (Å²) in [5.41, 5.74) is -0.299. The average molecular weight is 494 g/mol. The molecule has 11 heteroatoms. The van der Waals surface area contributed by atoms with Crippen LogP contribution in [0.5, 0.6) is 0 Å². The monoisotopic (exact) mass is 493 g/mol. The number of nitrogens with two attached hydrogens (primary N) is 1. The summed E-state index contributed by atoms with van der Waals surface area (Å²) in [4.78, 5) is 41.6. The zero-order valence-corrected chi connectivity index (χ0v) is 21.5. The number of carbonyl (C=O) groups is 3. The smallest absolute Gasteiger partial charge is 0.256 e. The molecular weight excluding hydrogens is 455 g/mol. The fraction of sp³-hybridized carbons (Fsp3) is 0.783. The van der Waals surface area contributed by atoms with E-state index in [1.807, 2.05) is 0 Å². The Kier molecular flexibility index (Phi) is 8.47. The molecule has 3 atom stereocenters. The summed E-state index contributed by atoms with van der Waals surface area (Å²) >= 11 is 0. The van der Waals surface area contributed by atoms with Gasteiger partial charge in [0.15, 0.2) is 11.5 Å². The topological polar surface area (TPSA) is 111 Å². The number of imide groups is 1. The van der Waals surface area contributed by atoms with Crippen molar-refractivity contribution in [1.82, 2.24) is 10.2 Å². The van der Waals surface area contributed by atoms with Gasteiger partial charge in [0.25, 0.3) is 11.8 Å². The molecular formula is C23H38F3N3O5. The Morgan fingerprint density at radius 2 is 1.47 bits per heavy atom. The number of carbonyl (C=O) groups excluding carboxylic acids is 3. The molecule has 0 aromatic carbocycles. The molecule has 1 rings (SSSR count). The summed E-state index contributed by atoms with van der Waals surface area (Å²) in [6.07, 6.45) is 1.70. The van der Waals surface area contributed by atoms with Crippen molar-refractivity contribution in [2.45, 2.75) is 98.1 Å². The highest BCUT2D eigenvalue weighted by Gasteiger charge is 2.58. The Hall–Kier alpha value is -1.98. The number of halogens is 3. The summed E-state index contributed by atoms with van der Waals surface area (Å²) in [5.74, 6) is -7.68. The Labute approximate surface area is 199 Å². The van der Waals surface area contributed by atoms with E-state index in [0.29, 0.717) is 11.3 Å². The molecule has 34 heavy (non-hydrogen) atoms. The third-order valence-corrected chi connectivity index (χ3v) is 6.59. The van der Waals surface area contributed by atoms with Crippen LogP contribution < -0.4 is 11.1 Å². The van der Waals surface area contributed by atoms with Crippen LogP contribution in [0.25, 0.3) is 0 Å². The first-order chi connectivity index (χ1) is 15.0. The molecule has 0 aromatic heterocycles. The van der Waals surface area contributed by atoms with Crippen molar-refractivity contribution in [1.29, 1.82) is 0 Å². The molecule has 8 nitrogen and oxygen atoms in total. The van der Waals surface area contributed by atoms with Gasteiger partial charge in [-0.25, -0.2) is 13.7 Å². The van der Waals surface area contributed by atoms with Gasteiger partial charge in [0.1, 0.15) is 0 Å². The SMILES string of the molecule is CC(C)(N)CCOC(C)(F)C(C)(C)C(C)(F)NC(=O)C(C)(C)CC(C)(OF)N1C(=O)C=CC1=O. The normalized spacial score (nSPS) is 20.7. The Morgan fingerprint density at radius 1 is 1.00 bits per heavy atom. The number of nitrogens with one attached hydrogen (secondary N) is 1. The van der Waals surface area contributed by atoms with Crippen LogP contribution in [0.2, 0.25) is 0 Å². The van der Waals surface area contributed by atoms with Crippen molar-refractivity contribution in [3.63, 3.8) is 0 Å². The molecule has 0 aliphatic carbocycles. The zero-order valence-electron chi connectivity index (χ0n) is 21.5. The first-order valence-electron chi connectivity index (χ1n) is 11.0. The molecule has 0 spiro atoms. The van der Waals surface area contributed by atoms with Crippen LogP contribution in [0, 0.1) is 10.8 Å². The van der Waals surface area contributed by atoms with Crippen LogP contribution in [-0.4, -0.2) is 52.1 Å². The highest BCUT2D eigenvalue weighted by molar-refractivity contribution is 6.13. The van der Waals surface area contributed by atoms with Crippen LogP contribution in [0.4, 0.5) is 13.3 Å². The molecule has 0 saturated carbocycles. The lowest BCUT2D eigenvalue weighted by Crippen LogP contribution is -2.63. The van der Waals surface area contributed by atoms with Crippen LogP contribution in [0.3, 0.4) is 0 Å². The van der Waals surface area contributed by atoms with Crippen molar-refractivity contribution < 1.29 is 37.4 Å². The third-order valence-electron chi connectivity index (χ3n) is 6.59. The van der Waals surface area contributed by atoms with E-state index in [1.165, 1.54) is 27.7 Å². The van der Waals surface area contributed by atoms with Crippen LogP contribution >= 0.6 is 0 Å². The summed E-state index contributed by atoms with van der Waals surface area (Å²) in [7, 11) is 0. The predicted molar refractivity (Wildman–Crippen MR) is 120 cm³/mol. The molecule has 0 saturated heterocycles. The van der Waals surface area contributed by atoms with E-state index in [2.05, 4.69) is 10.3 Å². The van der Waals surface area contributed by atoms with E-state index >= 15 is 8.78 Å². The van der Waals surface area contributed by atoms with E-state index in [9.17, 15) is 18.9 Å². The lowest BCUT2D eigenvalue weighted by molar-refractivity contribution is -0.283. The van der Waals surface area contributed by atoms with E-state index < -0.39 is 57.9 Å². The standard InChI is InChI=1S/C23H38F3N3O5/c1-18(2,14-21(7,34-26)29-15(30)10-11-16(29)31)17(32)28-22(8,24)20(5,6)23(9,25)33-13-12-19(3,4)27/h10-11H,12-14,27H2,1-9H3,(H,28,32). The van der Waals surface area contributed by atoms with E-state index in [-0.39, 0.29) is 6.61 Å². The Balaban J connectivity index is 3.05. The highest BCUT2D eigenvalue weighted by Crippen LogP contribution is 2.46. The van der Waals surface area contributed by atoms with Crippen molar-refractivity contribution >= 4 is 17.7 Å². The quantitative estimate of drug-likeness (QED) is 0.317. The first-order valence-corrected chi connectivity index (χ1v) is 11.0. The second kappa shape index (κ2) is 9.58. The molecule has 1 heterocycles. The van der Waals surface area contributed by atoms with Gasteiger partial charge >= 0.3 is 0 Å². The molecule has 0 fully saturated rings. The van der Waals surface area contributed by atoms with Crippen molar-refractivity contribution in [2.75, 3.05) is 6.61 Å². The van der Waals surface area contributed by atoms with Crippen LogP contribution in [0.1, 0.15) is 75.2 Å². The molecule has 0 radical (unpaired) electrons. The zero-order chi connectivity index (χ0) is 27.0. The van der Waals surface area contributed by atoms with Crippen molar-refractivity contribution in [3.05, 3.63) is 12.2 Å². The minimum Gasteiger partial charge on any atom is -0.345 e. The first kappa shape index (κ1) is 30.1. The minimum atomic E-state index is -2.63. The van der Waals surface area contributed by atoms with Gasteiger partial charge in [-0.2, -0.15) is 4.94 Å². The number of nitrogens with zero attached hydrogens (tertiary/aromatic N) is 1. The largest absolute Gasteiger partial charge is 0.345 e. The number of alkyl halides is 2. The lowest BCUT2D eigenvalue weighted by Gasteiger charge is -2.47. The van der Waals surface area contributed by atoms with Gasteiger partial charge < -0.3 is 15.8 Å². The summed E-state index contributed by atoms with van der Waals surface area (Å²) < 4.78 is 50.2. The second-order valence-electron chi connectivity index (χ2n) is 11.2. The maximum Gasteiger partial charge on any atom is 0.256 e. The molecule has 3 amide bonds. The molecule has 3 unspecified atom stereocenters. The van der Waals surface area contributed by atoms with Gasteiger partial charge in [0.05, 0.1) is 12.0 Å². The maximum atomic E-state index is 15.8. The van der Waals surface area contributed by atoms with E-state index in [1.54, 1.807) is 13.8 Å². The Bertz CT molecular complexity index is 816. The average Bonchev–Trinajstić information content (AvgIpc) is 2.98. The van der Waals surface area contributed by atoms with E-state index in [0.717, 1.165) is 32.9 Å². The van der Waals surface area contributed by atoms with Crippen LogP contribution in [0.15, 0.2) is 12.2 Å². The fourth-order valence-corrected chi connectivity index (χ4v) is 3.55. The molecule has 0 bridgehead atoms. The number of rotatable bonds is 12. The maximum absolute atomic E-state index is 15.8. The summed E-state index contributed by atoms with van der Waals surface area (Å²) in [6, 6.07) is 0. The van der Waals surface area contributed by atoms with Crippen molar-refractivity contribution in [3.8, 4) is 0 Å². The van der Waals surface area contributed by atoms with Gasteiger partial charge in [0, 0.05) is 29.5 Å². The van der Waals surface area contributed by atoms with Crippen LogP contribution in [-0.2, 0) is 24.1 Å². The number of hydrogen-bond acceptors (Lipinski definition) is 6. The molecule has 1 aliphatic rings. The predicted octanol–water partition coefficient (Wildman–Crippen LogP) is 3.60. The van der Waals surface area contributed by atoms with Gasteiger partial charge in [0.2, 0.25) is 11.8 Å². The minimum absolute atomic E-state index is 0.0758. The highest BCUT2D eigenvalue weighted by atomic mass is 19.3. The fourth-order valence-electron chi connectivity index (χ4n) is 3.55. The summed E-state index contributed by atoms with van der Waals surface area (Å²) in [5, 5.41) is 2.18. The number of ether oxygens (including phenoxy) is 1. The third kappa shape index (κ3) is 6.37. The van der Waals surface area contributed by atoms with Gasteiger partial charge in [-0.3, -0.25) is 14.4 Å². The molecule has 1 aliphatic heterocycles. The Morgan fingerprint density at radius 3 is 1.88 bits per heavy atom. The molecule has 0 aromatic rings. The van der Waals surface area contributed by atoms with Crippen molar-refractivity contribution in [2.24, 2.45) is 16.6 Å². The van der Waals surface area contributed by atoms with Gasteiger partial charge in [-0.05, 0) is 59.4 Å². The number of amides is 3. The second-order valence-corrected chi connectivity index (χ2v) is 11.2. The lowest BCUT2D eigenvalue weighted by atomic mass is 9.75. The molecule has 196 valence electrons. The van der Waals surface area contributed by atoms with E-state index in [4.69, 9.17) is 10.5 Å². The van der Waals surface area contributed by atoms with Gasteiger partial charge in [-0.1, -0.05) is 13.8 Å².